The van der Waals surface area contributed by atoms with E-state index in [0.29, 0.717) is 18.3 Å². The summed E-state index contributed by atoms with van der Waals surface area (Å²) in [5, 5.41) is 0. The van der Waals surface area contributed by atoms with Crippen LogP contribution in [0, 0.1) is 5.92 Å². The molecule has 0 radical (unpaired) electrons. The number of aromatic nitrogens is 1. The maximum Gasteiger partial charge on any atom is 0.179 e. The molecule has 0 amide bonds. The predicted molar refractivity (Wildman–Crippen MR) is 71.3 cm³/mol. The zero-order valence-corrected chi connectivity index (χ0v) is 11.5. The topological polar surface area (TPSA) is 76.3 Å². The number of hydrogen-bond acceptors (Lipinski definition) is 5. The first-order chi connectivity index (χ1) is 8.38. The Hall–Kier alpha value is -1.14. The Labute approximate surface area is 108 Å². The van der Waals surface area contributed by atoms with Crippen LogP contribution in [-0.4, -0.2) is 38.8 Å². The molecule has 100 valence electrons. The Morgan fingerprint density at radius 1 is 1.44 bits per heavy atom. The first-order valence-corrected chi connectivity index (χ1v) is 7.92. The summed E-state index contributed by atoms with van der Waals surface area (Å²) in [5.74, 6) is 0.977. The molecule has 1 aliphatic heterocycles. The number of pyridine rings is 1. The molecule has 2 rings (SSSR count). The van der Waals surface area contributed by atoms with Crippen molar-refractivity contribution in [1.82, 2.24) is 4.98 Å². The standard InChI is InChI=1S/C12H19N3O2S/c1-9-6-10(13)8-15(7-9)12-11(18(2,16)17)4-3-5-14-12/h3-5,9-10H,6-8,13H2,1-2H3. The second kappa shape index (κ2) is 4.85. The summed E-state index contributed by atoms with van der Waals surface area (Å²) in [6.07, 6.45) is 3.80. The van der Waals surface area contributed by atoms with E-state index in [0.717, 1.165) is 13.0 Å². The van der Waals surface area contributed by atoms with E-state index >= 15 is 0 Å². The van der Waals surface area contributed by atoms with Crippen LogP contribution < -0.4 is 10.6 Å². The molecule has 2 N–H and O–H groups in total. The van der Waals surface area contributed by atoms with Gasteiger partial charge in [-0.05, 0) is 24.5 Å². The van der Waals surface area contributed by atoms with Gasteiger partial charge in [0, 0.05) is 31.6 Å². The molecule has 1 aromatic heterocycles. The minimum Gasteiger partial charge on any atom is -0.354 e. The molecule has 0 aromatic carbocycles. The van der Waals surface area contributed by atoms with Crippen molar-refractivity contribution in [2.45, 2.75) is 24.3 Å². The lowest BCUT2D eigenvalue weighted by molar-refractivity contribution is 0.398. The van der Waals surface area contributed by atoms with Crippen molar-refractivity contribution in [2.75, 3.05) is 24.2 Å². The van der Waals surface area contributed by atoms with E-state index in [4.69, 9.17) is 5.73 Å². The molecule has 6 heteroatoms. The Bertz CT molecular complexity index is 520. The summed E-state index contributed by atoms with van der Waals surface area (Å²) in [7, 11) is -3.26. The van der Waals surface area contributed by atoms with Crippen molar-refractivity contribution >= 4 is 15.7 Å². The molecular weight excluding hydrogens is 250 g/mol. The van der Waals surface area contributed by atoms with E-state index in [-0.39, 0.29) is 10.9 Å². The molecule has 0 aliphatic carbocycles. The summed E-state index contributed by atoms with van der Waals surface area (Å²) in [5.41, 5.74) is 5.99. The zero-order valence-electron chi connectivity index (χ0n) is 10.7. The third kappa shape index (κ3) is 2.81. The molecule has 2 atom stereocenters. The van der Waals surface area contributed by atoms with Gasteiger partial charge < -0.3 is 10.6 Å². The largest absolute Gasteiger partial charge is 0.354 e. The van der Waals surface area contributed by atoms with E-state index in [2.05, 4.69) is 11.9 Å². The van der Waals surface area contributed by atoms with E-state index in [9.17, 15) is 8.42 Å². The molecule has 1 fully saturated rings. The summed E-state index contributed by atoms with van der Waals surface area (Å²) in [4.78, 5) is 6.49. The highest BCUT2D eigenvalue weighted by Crippen LogP contribution is 2.26. The van der Waals surface area contributed by atoms with Crippen LogP contribution in [0.3, 0.4) is 0 Å². The number of anilines is 1. The molecule has 2 heterocycles. The van der Waals surface area contributed by atoms with Crippen LogP contribution in [0.1, 0.15) is 13.3 Å². The van der Waals surface area contributed by atoms with Crippen molar-refractivity contribution in [3.05, 3.63) is 18.3 Å². The van der Waals surface area contributed by atoms with Crippen LogP contribution in [0.25, 0.3) is 0 Å². The fourth-order valence-electron chi connectivity index (χ4n) is 2.48. The fourth-order valence-corrected chi connectivity index (χ4v) is 3.32. The number of nitrogens with zero attached hydrogens (tertiary/aromatic N) is 2. The Morgan fingerprint density at radius 3 is 2.78 bits per heavy atom. The molecular formula is C12H19N3O2S. The number of hydrogen-bond donors (Lipinski definition) is 1. The van der Waals surface area contributed by atoms with Crippen LogP contribution >= 0.6 is 0 Å². The van der Waals surface area contributed by atoms with E-state index in [1.54, 1.807) is 18.3 Å². The van der Waals surface area contributed by atoms with Crippen molar-refractivity contribution in [1.29, 1.82) is 0 Å². The normalized spacial score (nSPS) is 25.2. The van der Waals surface area contributed by atoms with Gasteiger partial charge in [-0.15, -0.1) is 0 Å². The number of sulfone groups is 1. The van der Waals surface area contributed by atoms with Crippen molar-refractivity contribution < 1.29 is 8.42 Å². The second-order valence-corrected chi connectivity index (χ2v) is 7.09. The van der Waals surface area contributed by atoms with Gasteiger partial charge in [-0.1, -0.05) is 6.92 Å². The van der Waals surface area contributed by atoms with Crippen LogP contribution in [0.15, 0.2) is 23.2 Å². The van der Waals surface area contributed by atoms with Crippen LogP contribution in [0.2, 0.25) is 0 Å². The molecule has 1 saturated heterocycles. The summed E-state index contributed by atoms with van der Waals surface area (Å²) < 4.78 is 23.5. The van der Waals surface area contributed by atoms with Crippen LogP contribution in [0.5, 0.6) is 0 Å². The summed E-state index contributed by atoms with van der Waals surface area (Å²) >= 11 is 0. The van der Waals surface area contributed by atoms with Gasteiger partial charge in [0.25, 0.3) is 0 Å². The Kier molecular flexibility index (Phi) is 3.59. The van der Waals surface area contributed by atoms with Crippen molar-refractivity contribution in [3.63, 3.8) is 0 Å². The van der Waals surface area contributed by atoms with Gasteiger partial charge >= 0.3 is 0 Å². The van der Waals surface area contributed by atoms with Crippen LogP contribution in [0.4, 0.5) is 5.82 Å². The number of rotatable bonds is 2. The van der Waals surface area contributed by atoms with Crippen LogP contribution in [-0.2, 0) is 9.84 Å². The summed E-state index contributed by atoms with van der Waals surface area (Å²) in [6, 6.07) is 3.32. The second-order valence-electron chi connectivity index (χ2n) is 5.10. The molecule has 18 heavy (non-hydrogen) atoms. The van der Waals surface area contributed by atoms with Gasteiger partial charge in [-0.2, -0.15) is 0 Å². The van der Waals surface area contributed by atoms with Gasteiger partial charge in [0.05, 0.1) is 0 Å². The first kappa shape index (κ1) is 13.3. The highest BCUT2D eigenvalue weighted by molar-refractivity contribution is 7.90. The fraction of sp³-hybridized carbons (Fsp3) is 0.583. The maximum atomic E-state index is 11.8. The number of piperidine rings is 1. The van der Waals surface area contributed by atoms with Gasteiger partial charge in [-0.25, -0.2) is 13.4 Å². The van der Waals surface area contributed by atoms with Crippen molar-refractivity contribution in [2.24, 2.45) is 11.7 Å². The van der Waals surface area contributed by atoms with Gasteiger partial charge in [0.2, 0.25) is 0 Å². The highest BCUT2D eigenvalue weighted by Gasteiger charge is 2.26. The summed E-state index contributed by atoms with van der Waals surface area (Å²) in [6.45, 7) is 3.58. The average Bonchev–Trinajstić information content (AvgIpc) is 2.26. The smallest absolute Gasteiger partial charge is 0.179 e. The van der Waals surface area contributed by atoms with Crippen molar-refractivity contribution in [3.8, 4) is 0 Å². The lowest BCUT2D eigenvalue weighted by atomic mass is 9.97. The number of nitrogens with two attached hydrogens (primary N) is 1. The monoisotopic (exact) mass is 269 g/mol. The SMILES string of the molecule is CC1CC(N)CN(c2ncccc2S(C)(=O)=O)C1. The van der Waals surface area contributed by atoms with E-state index in [1.807, 2.05) is 4.90 Å². The van der Waals surface area contributed by atoms with Gasteiger partial charge in [0.15, 0.2) is 9.84 Å². The molecule has 0 bridgehead atoms. The third-order valence-electron chi connectivity index (χ3n) is 3.14. The molecule has 0 spiro atoms. The quantitative estimate of drug-likeness (QED) is 0.853. The lowest BCUT2D eigenvalue weighted by Gasteiger charge is -2.36. The maximum absolute atomic E-state index is 11.8. The first-order valence-electron chi connectivity index (χ1n) is 6.03. The lowest BCUT2D eigenvalue weighted by Crippen LogP contribution is -2.47. The average molecular weight is 269 g/mol. The third-order valence-corrected chi connectivity index (χ3v) is 4.26. The molecule has 2 unspecified atom stereocenters. The molecule has 0 saturated carbocycles. The van der Waals surface area contributed by atoms with E-state index in [1.165, 1.54) is 6.26 Å². The predicted octanol–water partition coefficient (Wildman–Crippen LogP) is 0.659. The van der Waals surface area contributed by atoms with Gasteiger partial charge in [-0.3, -0.25) is 0 Å². The highest BCUT2D eigenvalue weighted by atomic mass is 32.2. The zero-order chi connectivity index (χ0) is 13.3. The Balaban J connectivity index is 2.39. The molecule has 1 aliphatic rings. The molecule has 1 aromatic rings. The minimum atomic E-state index is -3.26. The van der Waals surface area contributed by atoms with Gasteiger partial charge in [0.1, 0.15) is 10.7 Å². The Morgan fingerprint density at radius 2 is 2.17 bits per heavy atom. The minimum absolute atomic E-state index is 0.0724. The molecule has 5 nitrogen and oxygen atoms in total. The van der Waals surface area contributed by atoms with E-state index < -0.39 is 9.84 Å².